The number of aromatic nitrogens is 6. The molecule has 3 aromatic rings. The lowest BCUT2D eigenvalue weighted by Gasteiger charge is -2.17. The van der Waals surface area contributed by atoms with Gasteiger partial charge in [0.25, 0.3) is 0 Å². The monoisotopic (exact) mass is 468 g/mol. The molecule has 3 unspecified atom stereocenters. The predicted octanol–water partition coefficient (Wildman–Crippen LogP) is 1.32. The Hall–Kier alpha value is -3.54. The first-order chi connectivity index (χ1) is 16.3. The van der Waals surface area contributed by atoms with E-state index in [1.54, 1.807) is 15.8 Å². The molecule has 3 aromatic heterocycles. The molecule has 34 heavy (non-hydrogen) atoms. The van der Waals surface area contributed by atoms with E-state index in [1.165, 1.54) is 0 Å². The van der Waals surface area contributed by atoms with Gasteiger partial charge in [0.15, 0.2) is 17.0 Å². The van der Waals surface area contributed by atoms with E-state index in [2.05, 4.69) is 39.1 Å². The zero-order chi connectivity index (χ0) is 24.0. The van der Waals surface area contributed by atoms with Crippen LogP contribution in [-0.4, -0.2) is 85.5 Å². The number of likely N-dealkylation sites (N-methyl/N-ethyl adjacent to an activating group) is 1. The number of nitrogens with zero attached hydrogens (tertiary/aromatic N) is 8. The van der Waals surface area contributed by atoms with Gasteiger partial charge in [-0.2, -0.15) is 15.1 Å². The third kappa shape index (κ3) is 4.09. The summed E-state index contributed by atoms with van der Waals surface area (Å²) in [6, 6.07) is -0.318. The van der Waals surface area contributed by atoms with Crippen LogP contribution in [0.4, 0.5) is 21.8 Å². The number of hydrogen-bond donors (Lipinski definition) is 2. The first kappa shape index (κ1) is 22.3. The molecule has 5 rings (SSSR count). The fraction of sp³-hybridized carbons (Fsp3) is 0.500. The number of fused-ring (bicyclic) bond motifs is 1. The summed E-state index contributed by atoms with van der Waals surface area (Å²) in [6.45, 7) is 7.74. The Morgan fingerprint density at radius 3 is 2.82 bits per heavy atom. The second-order valence-electron chi connectivity index (χ2n) is 9.08. The molecular formula is C22H29FN10O. The summed E-state index contributed by atoms with van der Waals surface area (Å²) in [5.41, 5.74) is 2.94. The van der Waals surface area contributed by atoms with E-state index in [9.17, 15) is 9.18 Å². The number of aryl methyl sites for hydroxylation is 2. The average molecular weight is 469 g/mol. The van der Waals surface area contributed by atoms with Crippen molar-refractivity contribution in [1.29, 1.82) is 0 Å². The number of amides is 1. The topological polar surface area (TPSA) is 109 Å². The number of carbonyl (C=O) groups is 1. The molecule has 1 amide bonds. The summed E-state index contributed by atoms with van der Waals surface area (Å²) >= 11 is 0. The predicted molar refractivity (Wildman–Crippen MR) is 127 cm³/mol. The van der Waals surface area contributed by atoms with Crippen molar-refractivity contribution >= 4 is 34.5 Å². The fourth-order valence-electron chi connectivity index (χ4n) is 4.58. The van der Waals surface area contributed by atoms with Crippen LogP contribution in [0.15, 0.2) is 25.2 Å². The Bertz CT molecular complexity index is 1240. The molecule has 5 heterocycles. The fourth-order valence-corrected chi connectivity index (χ4v) is 4.58. The molecule has 0 aliphatic carbocycles. The van der Waals surface area contributed by atoms with Crippen molar-refractivity contribution in [2.75, 3.05) is 43.4 Å². The minimum atomic E-state index is -1.24. The molecule has 2 aliphatic heterocycles. The van der Waals surface area contributed by atoms with Crippen LogP contribution in [0, 0.1) is 6.92 Å². The van der Waals surface area contributed by atoms with Gasteiger partial charge in [0.2, 0.25) is 11.9 Å². The van der Waals surface area contributed by atoms with Gasteiger partial charge >= 0.3 is 0 Å². The van der Waals surface area contributed by atoms with Crippen molar-refractivity contribution < 1.29 is 9.18 Å². The first-order valence-corrected chi connectivity index (χ1v) is 11.3. The lowest BCUT2D eigenvalue weighted by atomic mass is 10.2. The van der Waals surface area contributed by atoms with Gasteiger partial charge in [0.05, 0.1) is 36.3 Å². The van der Waals surface area contributed by atoms with Crippen LogP contribution in [0.5, 0.6) is 0 Å². The van der Waals surface area contributed by atoms with Crippen molar-refractivity contribution in [2.45, 2.75) is 31.6 Å². The van der Waals surface area contributed by atoms with Crippen molar-refractivity contribution in [3.05, 3.63) is 30.9 Å². The molecule has 0 aromatic carbocycles. The molecule has 3 atom stereocenters. The zero-order valence-electron chi connectivity index (χ0n) is 19.6. The molecule has 11 nitrogen and oxygen atoms in total. The van der Waals surface area contributed by atoms with Gasteiger partial charge in [-0.15, -0.1) is 0 Å². The van der Waals surface area contributed by atoms with Gasteiger partial charge in [-0.3, -0.25) is 9.48 Å². The minimum Gasteiger partial charge on any atom is -0.345 e. The highest BCUT2D eigenvalue weighted by atomic mass is 19.1. The zero-order valence-corrected chi connectivity index (χ0v) is 19.6. The van der Waals surface area contributed by atoms with Gasteiger partial charge in [-0.1, -0.05) is 6.58 Å². The van der Waals surface area contributed by atoms with E-state index in [1.807, 2.05) is 24.9 Å². The number of alkyl halides is 1. The molecule has 2 N–H and O–H groups in total. The Balaban J connectivity index is 1.44. The number of halogens is 1. The third-order valence-corrected chi connectivity index (χ3v) is 6.50. The van der Waals surface area contributed by atoms with Gasteiger partial charge in [-0.05, 0) is 33.0 Å². The van der Waals surface area contributed by atoms with Gasteiger partial charge in [0.1, 0.15) is 6.17 Å². The highest BCUT2D eigenvalue weighted by molar-refractivity contribution is 5.88. The highest BCUT2D eigenvalue weighted by Gasteiger charge is 2.35. The second kappa shape index (κ2) is 8.67. The summed E-state index contributed by atoms with van der Waals surface area (Å²) in [5.74, 6) is 0.501. The maximum Gasteiger partial charge on any atom is 0.243 e. The smallest absolute Gasteiger partial charge is 0.243 e. The van der Waals surface area contributed by atoms with Gasteiger partial charge in [-0.25, -0.2) is 9.37 Å². The van der Waals surface area contributed by atoms with Crippen LogP contribution in [0.3, 0.4) is 0 Å². The Kier molecular flexibility index (Phi) is 5.68. The number of rotatable bonds is 6. The molecule has 0 bridgehead atoms. The molecule has 0 saturated carbocycles. The summed E-state index contributed by atoms with van der Waals surface area (Å²) in [5, 5.41) is 10.7. The molecule has 2 fully saturated rings. The first-order valence-electron chi connectivity index (χ1n) is 11.3. The molecule has 2 saturated heterocycles. The average Bonchev–Trinajstić information content (AvgIpc) is 3.58. The van der Waals surface area contributed by atoms with E-state index >= 15 is 0 Å². The maximum atomic E-state index is 14.6. The van der Waals surface area contributed by atoms with Gasteiger partial charge < -0.3 is 25.0 Å². The minimum absolute atomic E-state index is 0.0804. The summed E-state index contributed by atoms with van der Waals surface area (Å²) < 4.78 is 18.5. The SMILES string of the molecule is C=CC(=O)NC1CN(c2nc(Nc3cn(C4CCN(C)C4)nc3C)c3ncn(C)c3n2)CC1F. The van der Waals surface area contributed by atoms with Crippen LogP contribution in [-0.2, 0) is 11.8 Å². The maximum absolute atomic E-state index is 14.6. The van der Waals surface area contributed by atoms with E-state index in [0.29, 0.717) is 29.0 Å². The summed E-state index contributed by atoms with van der Waals surface area (Å²) in [6.07, 6.45) is 4.64. The summed E-state index contributed by atoms with van der Waals surface area (Å²) in [4.78, 5) is 29.5. The van der Waals surface area contributed by atoms with Crippen molar-refractivity contribution in [3.63, 3.8) is 0 Å². The van der Waals surface area contributed by atoms with E-state index in [0.717, 1.165) is 37.0 Å². The Labute approximate surface area is 196 Å². The Morgan fingerprint density at radius 1 is 1.26 bits per heavy atom. The molecule has 12 heteroatoms. The number of imidazole rings is 1. The number of anilines is 3. The summed E-state index contributed by atoms with van der Waals surface area (Å²) in [7, 11) is 3.97. The van der Waals surface area contributed by atoms with E-state index < -0.39 is 18.1 Å². The standard InChI is InChI=1S/C22H29FN10O/c1-5-18(34)25-17-10-32(9-15(17)23)22-27-20(19-21(28-22)31(4)12-24-19)26-16-11-33(29-13(16)2)14-6-7-30(3)8-14/h5,11-12,14-15,17H,1,6-10H2,2-4H3,(H,25,34)(H,26,27,28). The van der Waals surface area contributed by atoms with Crippen LogP contribution in [0.2, 0.25) is 0 Å². The third-order valence-electron chi connectivity index (χ3n) is 6.50. The lowest BCUT2D eigenvalue weighted by molar-refractivity contribution is -0.117. The van der Waals surface area contributed by atoms with E-state index in [4.69, 9.17) is 10.1 Å². The Morgan fingerprint density at radius 2 is 2.09 bits per heavy atom. The number of hydrogen-bond acceptors (Lipinski definition) is 8. The lowest BCUT2D eigenvalue weighted by Crippen LogP contribution is -2.40. The van der Waals surface area contributed by atoms with Crippen LogP contribution in [0.25, 0.3) is 11.2 Å². The molecule has 0 spiro atoms. The van der Waals surface area contributed by atoms with E-state index in [-0.39, 0.29) is 13.1 Å². The van der Waals surface area contributed by atoms with Crippen molar-refractivity contribution in [2.24, 2.45) is 7.05 Å². The van der Waals surface area contributed by atoms with Crippen molar-refractivity contribution in [3.8, 4) is 0 Å². The van der Waals surface area contributed by atoms with Crippen LogP contribution in [0.1, 0.15) is 18.2 Å². The molecule has 180 valence electrons. The molecular weight excluding hydrogens is 439 g/mol. The number of nitrogens with one attached hydrogen (secondary N) is 2. The largest absolute Gasteiger partial charge is 0.345 e. The van der Waals surface area contributed by atoms with Gasteiger partial charge in [0, 0.05) is 26.3 Å². The van der Waals surface area contributed by atoms with Crippen molar-refractivity contribution in [1.82, 2.24) is 39.5 Å². The quantitative estimate of drug-likeness (QED) is 0.522. The van der Waals surface area contributed by atoms with Crippen LogP contribution >= 0.6 is 0 Å². The second-order valence-corrected chi connectivity index (χ2v) is 9.08. The number of likely N-dealkylation sites (tertiary alicyclic amines) is 1. The number of carbonyl (C=O) groups excluding carboxylic acids is 1. The highest BCUT2D eigenvalue weighted by Crippen LogP contribution is 2.30. The van der Waals surface area contributed by atoms with Crippen LogP contribution < -0.4 is 15.5 Å². The normalized spacial score (nSPS) is 23.1. The molecule has 2 aliphatic rings. The molecule has 0 radical (unpaired) electrons.